The molecule has 0 N–H and O–H groups in total. The lowest BCUT2D eigenvalue weighted by Gasteiger charge is -2.42. The van der Waals surface area contributed by atoms with E-state index in [4.69, 9.17) is 26.3 Å². The zero-order valence-electron chi connectivity index (χ0n) is 23.7. The highest BCUT2D eigenvalue weighted by Crippen LogP contribution is 2.36. The molecule has 0 spiro atoms. The summed E-state index contributed by atoms with van der Waals surface area (Å²) >= 11 is 6.36. The summed E-state index contributed by atoms with van der Waals surface area (Å²) in [6.45, 7) is 6.18. The zero-order chi connectivity index (χ0) is 29.1. The number of rotatable bonds is 7. The van der Waals surface area contributed by atoms with Crippen LogP contribution >= 0.6 is 11.6 Å². The van der Waals surface area contributed by atoms with Crippen molar-refractivity contribution in [3.8, 4) is 12.1 Å². The SMILES string of the molecule is C=CC(=O)N1CCN(c2nc(OC3CCCCC3N(C)C)nc3c2CCN(c2cccc(F)c2Cl)C3)C[C@@H]1CC#N. The lowest BCUT2D eigenvalue weighted by molar-refractivity contribution is -0.128. The minimum Gasteiger partial charge on any atom is -0.458 e. The molecule has 1 aliphatic carbocycles. The van der Waals surface area contributed by atoms with Crippen LogP contribution in [-0.2, 0) is 17.8 Å². The predicted molar refractivity (Wildman–Crippen MR) is 157 cm³/mol. The number of nitrogens with zero attached hydrogens (tertiary/aromatic N) is 7. The maximum Gasteiger partial charge on any atom is 0.319 e. The third kappa shape index (κ3) is 6.11. The summed E-state index contributed by atoms with van der Waals surface area (Å²) in [6, 6.07) is 7.38. The van der Waals surface area contributed by atoms with Crippen LogP contribution in [0.15, 0.2) is 30.9 Å². The maximum absolute atomic E-state index is 14.3. The van der Waals surface area contributed by atoms with E-state index in [2.05, 4.69) is 36.5 Å². The molecular weight excluding hydrogens is 545 g/mol. The summed E-state index contributed by atoms with van der Waals surface area (Å²) in [7, 11) is 4.15. The van der Waals surface area contributed by atoms with Crippen molar-refractivity contribution in [2.24, 2.45) is 0 Å². The molecule has 1 aromatic carbocycles. The van der Waals surface area contributed by atoms with Gasteiger partial charge < -0.3 is 24.3 Å². The van der Waals surface area contributed by atoms with Gasteiger partial charge in [0.15, 0.2) is 0 Å². The molecule has 2 fully saturated rings. The number of benzene rings is 1. The lowest BCUT2D eigenvalue weighted by atomic mass is 9.92. The molecule has 0 radical (unpaired) electrons. The molecule has 3 heterocycles. The second kappa shape index (κ2) is 12.6. The van der Waals surface area contributed by atoms with Crippen LogP contribution in [0.4, 0.5) is 15.9 Å². The van der Waals surface area contributed by atoms with E-state index in [1.54, 1.807) is 11.0 Å². The van der Waals surface area contributed by atoms with E-state index in [1.807, 2.05) is 11.0 Å². The average Bonchev–Trinajstić information content (AvgIpc) is 2.97. The van der Waals surface area contributed by atoms with Gasteiger partial charge in [0.2, 0.25) is 5.91 Å². The average molecular weight is 582 g/mol. The van der Waals surface area contributed by atoms with Gasteiger partial charge in [-0.25, -0.2) is 4.39 Å². The molecule has 2 aliphatic heterocycles. The molecule has 9 nitrogen and oxygen atoms in total. The van der Waals surface area contributed by atoms with Gasteiger partial charge in [-0.15, -0.1) is 0 Å². The number of carbonyl (C=O) groups is 1. The lowest BCUT2D eigenvalue weighted by Crippen LogP contribution is -2.55. The number of anilines is 2. The monoisotopic (exact) mass is 581 g/mol. The second-order valence-electron chi connectivity index (χ2n) is 11.2. The molecule has 0 bridgehead atoms. The highest BCUT2D eigenvalue weighted by atomic mass is 35.5. The first-order chi connectivity index (χ1) is 19.8. The van der Waals surface area contributed by atoms with Crippen LogP contribution in [0.2, 0.25) is 5.02 Å². The number of hydrogen-bond acceptors (Lipinski definition) is 8. The normalized spacial score (nSPS) is 22.7. The summed E-state index contributed by atoms with van der Waals surface area (Å²) < 4.78 is 20.8. The Morgan fingerprint density at radius 1 is 1.24 bits per heavy atom. The number of nitriles is 1. The van der Waals surface area contributed by atoms with Crippen LogP contribution < -0.4 is 14.5 Å². The molecule has 1 saturated heterocycles. The molecule has 3 aliphatic rings. The van der Waals surface area contributed by atoms with E-state index in [-0.39, 0.29) is 35.5 Å². The Hall–Kier alpha value is -3.42. The Morgan fingerprint density at radius 3 is 2.80 bits per heavy atom. The van der Waals surface area contributed by atoms with Crippen molar-refractivity contribution in [3.63, 3.8) is 0 Å². The first-order valence-electron chi connectivity index (χ1n) is 14.3. The van der Waals surface area contributed by atoms with Crippen molar-refractivity contribution in [3.05, 3.63) is 53.0 Å². The van der Waals surface area contributed by atoms with Gasteiger partial charge >= 0.3 is 6.01 Å². The van der Waals surface area contributed by atoms with Crippen LogP contribution in [0.3, 0.4) is 0 Å². The standard InChI is InChI=1S/C30H37ClFN7O2/c1-4-27(40)39-17-16-38(18-20(39)12-14-33)29-21-13-15-37(25-10-7-8-22(32)28(25)31)19-23(21)34-30(35-29)41-26-11-6-5-9-24(26)36(2)3/h4,7-8,10,20,24,26H,1,5-6,9,11-13,15-19H2,2-3H3/t20-,24?,26?/m0/s1. The molecule has 11 heteroatoms. The Labute approximate surface area is 246 Å². The van der Waals surface area contributed by atoms with E-state index in [1.165, 1.54) is 12.1 Å². The quantitative estimate of drug-likeness (QED) is 0.450. The summed E-state index contributed by atoms with van der Waals surface area (Å²) in [4.78, 5) is 30.5. The number of amides is 1. The third-order valence-corrected chi connectivity index (χ3v) is 8.82. The van der Waals surface area contributed by atoms with Gasteiger partial charge in [0.05, 0.1) is 41.5 Å². The summed E-state index contributed by atoms with van der Waals surface area (Å²) in [5.74, 6) is 0.152. The number of aromatic nitrogens is 2. The predicted octanol–water partition coefficient (Wildman–Crippen LogP) is 4.20. The van der Waals surface area contributed by atoms with E-state index in [0.717, 1.165) is 42.8 Å². The van der Waals surface area contributed by atoms with Crippen LogP contribution in [-0.4, -0.2) is 84.1 Å². The number of halogens is 2. The van der Waals surface area contributed by atoms with Crippen LogP contribution in [0.1, 0.15) is 43.4 Å². The summed E-state index contributed by atoms with van der Waals surface area (Å²) in [5, 5.41) is 9.59. The molecule has 41 heavy (non-hydrogen) atoms. The highest BCUT2D eigenvalue weighted by molar-refractivity contribution is 6.33. The number of hydrogen-bond donors (Lipinski definition) is 0. The maximum atomic E-state index is 14.3. The van der Waals surface area contributed by atoms with Gasteiger partial charge in [-0.05, 0) is 58.0 Å². The molecule has 3 atom stereocenters. The van der Waals surface area contributed by atoms with E-state index >= 15 is 0 Å². The number of likely N-dealkylation sites (N-methyl/N-ethyl adjacent to an activating group) is 1. The smallest absolute Gasteiger partial charge is 0.319 e. The van der Waals surface area contributed by atoms with Crippen molar-refractivity contribution in [1.82, 2.24) is 19.8 Å². The van der Waals surface area contributed by atoms with Gasteiger partial charge in [0.1, 0.15) is 17.7 Å². The minimum atomic E-state index is -0.454. The molecule has 218 valence electrons. The molecule has 1 amide bonds. The summed E-state index contributed by atoms with van der Waals surface area (Å²) in [5.41, 5.74) is 2.45. The fourth-order valence-corrected chi connectivity index (χ4v) is 6.57. The van der Waals surface area contributed by atoms with Gasteiger partial charge in [-0.3, -0.25) is 4.79 Å². The molecule has 1 saturated carbocycles. The minimum absolute atomic E-state index is 0.0320. The largest absolute Gasteiger partial charge is 0.458 e. The van der Waals surface area contributed by atoms with Gasteiger partial charge in [-0.2, -0.15) is 15.2 Å². The Kier molecular flexibility index (Phi) is 8.95. The zero-order valence-corrected chi connectivity index (χ0v) is 24.5. The number of piperazine rings is 1. The summed E-state index contributed by atoms with van der Waals surface area (Å²) in [6.07, 6.45) is 6.35. The number of ether oxygens (including phenoxy) is 1. The second-order valence-corrected chi connectivity index (χ2v) is 11.5. The molecular formula is C30H37ClFN7O2. The first-order valence-corrected chi connectivity index (χ1v) is 14.6. The van der Waals surface area contributed by atoms with Gasteiger partial charge in [0, 0.05) is 37.8 Å². The first kappa shape index (κ1) is 29.1. The fraction of sp³-hybridized carbons (Fsp3) is 0.533. The Bertz CT molecular complexity index is 1330. The van der Waals surface area contributed by atoms with Crippen LogP contribution in [0, 0.1) is 17.1 Å². The van der Waals surface area contributed by atoms with Crippen LogP contribution in [0.5, 0.6) is 6.01 Å². The molecule has 5 rings (SSSR count). The topological polar surface area (TPSA) is 88.8 Å². The van der Waals surface area contributed by atoms with Gasteiger partial charge in [0.25, 0.3) is 0 Å². The van der Waals surface area contributed by atoms with E-state index in [9.17, 15) is 14.4 Å². The molecule has 2 unspecified atom stereocenters. The number of carbonyl (C=O) groups excluding carboxylic acids is 1. The number of fused-ring (bicyclic) bond motifs is 1. The van der Waals surface area contributed by atoms with Gasteiger partial charge in [-0.1, -0.05) is 30.7 Å². The van der Waals surface area contributed by atoms with Crippen molar-refractivity contribution >= 4 is 29.0 Å². The molecule has 2 aromatic rings. The van der Waals surface area contributed by atoms with E-state index < -0.39 is 5.82 Å². The Morgan fingerprint density at radius 2 is 2.05 bits per heavy atom. The van der Waals surface area contributed by atoms with Crippen molar-refractivity contribution in [2.45, 2.75) is 63.3 Å². The Balaban J connectivity index is 1.50. The fourth-order valence-electron chi connectivity index (χ4n) is 6.32. The van der Waals surface area contributed by atoms with Crippen LogP contribution in [0.25, 0.3) is 0 Å². The van der Waals surface area contributed by atoms with E-state index in [0.29, 0.717) is 50.8 Å². The van der Waals surface area contributed by atoms with Crippen molar-refractivity contribution in [2.75, 3.05) is 50.1 Å². The third-order valence-electron chi connectivity index (χ3n) is 8.45. The van der Waals surface area contributed by atoms with Crippen molar-refractivity contribution < 1.29 is 13.9 Å². The molecule has 1 aromatic heterocycles. The van der Waals surface area contributed by atoms with Crippen molar-refractivity contribution in [1.29, 1.82) is 5.26 Å². The highest BCUT2D eigenvalue weighted by Gasteiger charge is 2.35.